The topological polar surface area (TPSA) is 45.1 Å². The van der Waals surface area contributed by atoms with Gasteiger partial charge in [-0.3, -0.25) is 9.69 Å². The third-order valence-corrected chi connectivity index (χ3v) is 9.59. The van der Waals surface area contributed by atoms with Crippen LogP contribution in [0.4, 0.5) is 11.4 Å². The summed E-state index contributed by atoms with van der Waals surface area (Å²) in [6, 6.07) is 27.0. The SMILES string of the molecule is CC1=NN(c2ccccc2)[C@]2(SCC(=O)N2c2ccc(Oc3ccc(Cl)cc3Cl)cc2)[C@@H]1Cc1cccs1. The van der Waals surface area contributed by atoms with Crippen molar-refractivity contribution >= 4 is 69.3 Å². The summed E-state index contributed by atoms with van der Waals surface area (Å²) in [5.74, 6) is 1.54. The van der Waals surface area contributed by atoms with Crippen LogP contribution in [0, 0.1) is 5.92 Å². The number of thioether (sulfide) groups is 1. The Morgan fingerprint density at radius 1 is 1.00 bits per heavy atom. The molecule has 1 spiro atoms. The number of carbonyl (C=O) groups is 1. The van der Waals surface area contributed by atoms with Crippen LogP contribution in [0.1, 0.15) is 11.8 Å². The smallest absolute Gasteiger partial charge is 0.239 e. The number of hydrogen-bond acceptors (Lipinski definition) is 6. The lowest BCUT2D eigenvalue weighted by atomic mass is 9.94. The molecule has 2 atom stereocenters. The van der Waals surface area contributed by atoms with Crippen molar-refractivity contribution in [1.29, 1.82) is 0 Å². The highest BCUT2D eigenvalue weighted by Crippen LogP contribution is 2.53. The summed E-state index contributed by atoms with van der Waals surface area (Å²) in [6.07, 6.45) is 0.795. The first kappa shape index (κ1) is 25.3. The summed E-state index contributed by atoms with van der Waals surface area (Å²) in [6.45, 7) is 2.07. The minimum Gasteiger partial charge on any atom is -0.456 e. The third-order valence-electron chi connectivity index (χ3n) is 6.70. The second kappa shape index (κ2) is 10.3. The maximum atomic E-state index is 13.6. The van der Waals surface area contributed by atoms with E-state index in [9.17, 15) is 4.79 Å². The van der Waals surface area contributed by atoms with Gasteiger partial charge in [-0.15, -0.1) is 11.3 Å². The van der Waals surface area contributed by atoms with Gasteiger partial charge in [0.2, 0.25) is 5.91 Å². The summed E-state index contributed by atoms with van der Waals surface area (Å²) >= 11 is 15.7. The fourth-order valence-electron chi connectivity index (χ4n) is 5.01. The second-order valence-corrected chi connectivity index (χ2v) is 12.1. The van der Waals surface area contributed by atoms with Gasteiger partial charge < -0.3 is 4.74 Å². The molecule has 3 heterocycles. The molecule has 4 aromatic rings. The molecule has 0 bridgehead atoms. The van der Waals surface area contributed by atoms with E-state index in [-0.39, 0.29) is 11.8 Å². The Morgan fingerprint density at radius 2 is 1.79 bits per heavy atom. The van der Waals surface area contributed by atoms with Gasteiger partial charge >= 0.3 is 0 Å². The van der Waals surface area contributed by atoms with Gasteiger partial charge in [-0.1, -0.05) is 59.2 Å². The van der Waals surface area contributed by atoms with Gasteiger partial charge in [0.1, 0.15) is 11.5 Å². The molecule has 38 heavy (non-hydrogen) atoms. The van der Waals surface area contributed by atoms with Crippen LogP contribution in [-0.4, -0.2) is 22.4 Å². The number of thiophene rings is 1. The van der Waals surface area contributed by atoms with E-state index in [0.717, 1.165) is 23.5 Å². The first-order valence-electron chi connectivity index (χ1n) is 12.1. The van der Waals surface area contributed by atoms with Gasteiger partial charge in [-0.05, 0) is 79.4 Å². The lowest BCUT2D eigenvalue weighted by molar-refractivity contribution is -0.116. The molecule has 1 amide bonds. The van der Waals surface area contributed by atoms with E-state index in [4.69, 9.17) is 33.0 Å². The van der Waals surface area contributed by atoms with Crippen LogP contribution in [0.2, 0.25) is 10.0 Å². The molecule has 0 saturated carbocycles. The first-order chi connectivity index (χ1) is 18.5. The minimum absolute atomic E-state index is 0.00149. The zero-order chi connectivity index (χ0) is 26.3. The molecule has 3 aromatic carbocycles. The van der Waals surface area contributed by atoms with Crippen molar-refractivity contribution < 1.29 is 9.53 Å². The average molecular weight is 581 g/mol. The highest BCUT2D eigenvalue weighted by Gasteiger charge is 2.60. The first-order valence-corrected chi connectivity index (χ1v) is 14.7. The van der Waals surface area contributed by atoms with Crippen molar-refractivity contribution in [2.24, 2.45) is 11.0 Å². The van der Waals surface area contributed by atoms with Crippen LogP contribution in [0.15, 0.2) is 95.4 Å². The van der Waals surface area contributed by atoms with Crippen LogP contribution in [0.25, 0.3) is 0 Å². The number of halogens is 2. The molecule has 1 saturated heterocycles. The molecule has 5 nitrogen and oxygen atoms in total. The van der Waals surface area contributed by atoms with Gasteiger partial charge in [0.05, 0.1) is 22.4 Å². The standard InChI is InChI=1S/C29H23Cl2N3O2S2/c1-19-25(17-24-8-5-15-37-24)29(34(32-19)22-6-3-2-4-7-22)33(28(35)18-38-29)21-10-12-23(13-11-21)36-27-14-9-20(30)16-26(27)31/h2-16,25H,17-18H2,1H3/t25-,29+/m1/s1. The van der Waals surface area contributed by atoms with Crippen LogP contribution < -0.4 is 14.6 Å². The predicted octanol–water partition coefficient (Wildman–Crippen LogP) is 8.34. The molecule has 9 heteroatoms. The molecule has 0 radical (unpaired) electrons. The number of anilines is 2. The van der Waals surface area contributed by atoms with Crippen molar-refractivity contribution in [3.8, 4) is 11.5 Å². The van der Waals surface area contributed by atoms with Crippen LogP contribution in [0.5, 0.6) is 11.5 Å². The zero-order valence-electron chi connectivity index (χ0n) is 20.4. The van der Waals surface area contributed by atoms with E-state index in [2.05, 4.69) is 24.4 Å². The molecular formula is C29H23Cl2N3O2S2. The van der Waals surface area contributed by atoms with Gasteiger partial charge in [0.15, 0.2) is 4.99 Å². The Labute approximate surface area is 239 Å². The van der Waals surface area contributed by atoms with Crippen LogP contribution in [-0.2, 0) is 11.2 Å². The number of hydrazone groups is 1. The summed E-state index contributed by atoms with van der Waals surface area (Å²) < 4.78 is 5.99. The van der Waals surface area contributed by atoms with E-state index in [1.54, 1.807) is 41.3 Å². The lowest BCUT2D eigenvalue weighted by Crippen LogP contribution is -2.58. The van der Waals surface area contributed by atoms with E-state index in [0.29, 0.717) is 27.3 Å². The Bertz CT molecular complexity index is 1500. The Hall–Kier alpha value is -2.97. The monoisotopic (exact) mass is 579 g/mol. The molecule has 192 valence electrons. The van der Waals surface area contributed by atoms with Gasteiger partial charge in [-0.2, -0.15) is 5.10 Å². The maximum absolute atomic E-state index is 13.6. The van der Waals surface area contributed by atoms with Crippen molar-refractivity contribution in [2.45, 2.75) is 18.3 Å². The Balaban J connectivity index is 1.39. The van der Waals surface area contributed by atoms with Crippen LogP contribution in [0.3, 0.4) is 0 Å². The summed E-state index contributed by atoms with van der Waals surface area (Å²) in [5, 5.41) is 10.1. The number of rotatable bonds is 6. The van der Waals surface area contributed by atoms with Gasteiger partial charge in [0.25, 0.3) is 0 Å². The van der Waals surface area contributed by atoms with E-state index in [1.807, 2.05) is 64.5 Å². The molecule has 2 aliphatic rings. The molecule has 2 aliphatic heterocycles. The predicted molar refractivity (Wildman–Crippen MR) is 159 cm³/mol. The molecule has 0 N–H and O–H groups in total. The largest absolute Gasteiger partial charge is 0.456 e. The maximum Gasteiger partial charge on any atom is 0.239 e. The second-order valence-electron chi connectivity index (χ2n) is 9.07. The number of amides is 1. The molecule has 0 aliphatic carbocycles. The highest BCUT2D eigenvalue weighted by molar-refractivity contribution is 8.02. The molecule has 6 rings (SSSR count). The zero-order valence-corrected chi connectivity index (χ0v) is 23.5. The number of nitrogens with zero attached hydrogens (tertiary/aromatic N) is 3. The van der Waals surface area contributed by atoms with E-state index < -0.39 is 4.99 Å². The molecular weight excluding hydrogens is 557 g/mol. The van der Waals surface area contributed by atoms with Crippen molar-refractivity contribution in [1.82, 2.24) is 0 Å². The number of para-hydroxylation sites is 1. The van der Waals surface area contributed by atoms with Gasteiger partial charge in [-0.25, -0.2) is 5.01 Å². The molecule has 1 fully saturated rings. The summed E-state index contributed by atoms with van der Waals surface area (Å²) in [5.41, 5.74) is 2.74. The quantitative estimate of drug-likeness (QED) is 0.230. The van der Waals surface area contributed by atoms with Gasteiger partial charge in [0, 0.05) is 21.3 Å². The van der Waals surface area contributed by atoms with E-state index >= 15 is 0 Å². The normalized spacial score (nSPS) is 20.9. The van der Waals surface area contributed by atoms with E-state index in [1.165, 1.54) is 4.88 Å². The minimum atomic E-state index is -0.728. The number of hydrogen-bond donors (Lipinski definition) is 0. The summed E-state index contributed by atoms with van der Waals surface area (Å²) in [7, 11) is 0. The highest BCUT2D eigenvalue weighted by atomic mass is 35.5. The van der Waals surface area contributed by atoms with Crippen molar-refractivity contribution in [3.63, 3.8) is 0 Å². The van der Waals surface area contributed by atoms with Crippen LogP contribution >= 0.6 is 46.3 Å². The Kier molecular flexibility index (Phi) is 6.86. The van der Waals surface area contributed by atoms with Crippen molar-refractivity contribution in [3.05, 3.63) is 105 Å². The number of carbonyl (C=O) groups excluding carboxylic acids is 1. The fraction of sp³-hybridized carbons (Fsp3) is 0.172. The Morgan fingerprint density at radius 3 is 2.50 bits per heavy atom. The van der Waals surface area contributed by atoms with Crippen molar-refractivity contribution in [2.75, 3.05) is 15.7 Å². The average Bonchev–Trinajstić information content (AvgIpc) is 3.63. The molecule has 0 unspecified atom stereocenters. The number of benzene rings is 3. The third kappa shape index (κ3) is 4.47. The summed E-state index contributed by atoms with van der Waals surface area (Å²) in [4.78, 5) is 16.0. The molecule has 1 aromatic heterocycles. The number of ether oxygens (including phenoxy) is 1. The lowest BCUT2D eigenvalue weighted by Gasteiger charge is -2.44. The fourth-order valence-corrected chi connectivity index (χ4v) is 7.73.